The predicted octanol–water partition coefficient (Wildman–Crippen LogP) is 2.52. The van der Waals surface area contributed by atoms with Gasteiger partial charge in [0.05, 0.1) is 28.1 Å². The number of aliphatic hydroxyl groups is 1. The van der Waals surface area contributed by atoms with Gasteiger partial charge in [-0.05, 0) is 44.0 Å². The van der Waals surface area contributed by atoms with Gasteiger partial charge in [0.1, 0.15) is 0 Å². The third-order valence-corrected chi connectivity index (χ3v) is 5.14. The summed E-state index contributed by atoms with van der Waals surface area (Å²) in [6.07, 6.45) is 4.22. The highest BCUT2D eigenvalue weighted by Gasteiger charge is 2.29. The van der Waals surface area contributed by atoms with Crippen LogP contribution in [-0.4, -0.2) is 45.9 Å². The summed E-state index contributed by atoms with van der Waals surface area (Å²) in [7, 11) is 0. The Hall–Kier alpha value is -2.58. The van der Waals surface area contributed by atoms with Gasteiger partial charge in [0.25, 0.3) is 5.91 Å². The van der Waals surface area contributed by atoms with Crippen LogP contribution in [0.15, 0.2) is 40.9 Å². The Kier molecular flexibility index (Phi) is 5.43. The molecule has 1 unspecified atom stereocenters. The molecule has 8 heteroatoms. The van der Waals surface area contributed by atoms with Gasteiger partial charge in [-0.25, -0.2) is 9.97 Å². The molecular weight excluding hydrogens is 350 g/mol. The number of fused-ring (bicyclic) bond motifs is 1. The number of anilines is 1. The normalized spacial score (nSPS) is 20.9. The third kappa shape index (κ3) is 3.81. The highest BCUT2D eigenvalue weighted by atomic mass is 32.1. The van der Waals surface area contributed by atoms with Gasteiger partial charge in [-0.15, -0.1) is 11.3 Å². The van der Waals surface area contributed by atoms with Crippen LogP contribution in [0.5, 0.6) is 0 Å². The van der Waals surface area contributed by atoms with E-state index in [2.05, 4.69) is 38.9 Å². The first kappa shape index (κ1) is 18.2. The number of allylic oxidation sites excluding steroid dienone is 2. The minimum absolute atomic E-state index is 0.00935. The molecule has 136 valence electrons. The van der Waals surface area contributed by atoms with E-state index in [0.717, 1.165) is 4.70 Å². The number of aromatic nitrogens is 2. The summed E-state index contributed by atoms with van der Waals surface area (Å²) in [5.74, 6) is 0.0944. The van der Waals surface area contributed by atoms with Gasteiger partial charge in [-0.1, -0.05) is 12.7 Å². The first-order valence-electron chi connectivity index (χ1n) is 8.32. The van der Waals surface area contributed by atoms with E-state index in [1.165, 1.54) is 11.3 Å². The van der Waals surface area contributed by atoms with E-state index in [9.17, 15) is 9.90 Å². The summed E-state index contributed by atoms with van der Waals surface area (Å²) >= 11 is 1.43. The van der Waals surface area contributed by atoms with Gasteiger partial charge >= 0.3 is 0 Å². The van der Waals surface area contributed by atoms with E-state index >= 15 is 0 Å². The van der Waals surface area contributed by atoms with Gasteiger partial charge in [0.2, 0.25) is 5.95 Å². The van der Waals surface area contributed by atoms with Crippen LogP contribution in [0.25, 0.3) is 10.2 Å². The minimum atomic E-state index is -0.327. The molecule has 0 aliphatic heterocycles. The van der Waals surface area contributed by atoms with Crippen molar-refractivity contribution < 1.29 is 9.90 Å². The summed E-state index contributed by atoms with van der Waals surface area (Å²) in [5.41, 5.74) is 1.74. The van der Waals surface area contributed by atoms with E-state index in [4.69, 9.17) is 0 Å². The Balaban J connectivity index is 1.85. The Morgan fingerprint density at radius 2 is 2.27 bits per heavy atom. The van der Waals surface area contributed by atoms with Crippen LogP contribution >= 0.6 is 11.3 Å². The molecule has 7 nitrogen and oxygen atoms in total. The number of aliphatic imine (C=N–C) groups is 1. The zero-order chi connectivity index (χ0) is 18.7. The lowest BCUT2D eigenvalue weighted by Crippen LogP contribution is -2.47. The van der Waals surface area contributed by atoms with Crippen molar-refractivity contribution in [3.8, 4) is 0 Å². The number of nitrogens with zero attached hydrogens (tertiary/aromatic N) is 3. The topological polar surface area (TPSA) is 99.5 Å². The maximum absolute atomic E-state index is 12.6. The number of rotatable bonds is 7. The monoisotopic (exact) mass is 371 g/mol. The maximum Gasteiger partial charge on any atom is 0.271 e. The van der Waals surface area contributed by atoms with Crippen molar-refractivity contribution in [2.24, 2.45) is 4.99 Å². The van der Waals surface area contributed by atoms with Gasteiger partial charge in [-0.3, -0.25) is 9.79 Å². The molecule has 26 heavy (non-hydrogen) atoms. The number of hydrogen-bond acceptors (Lipinski definition) is 7. The molecule has 0 spiro atoms. The average Bonchev–Trinajstić information content (AvgIpc) is 3.05. The molecular formula is C18H21N5O2S. The molecule has 2 heterocycles. The molecule has 1 atom stereocenters. The first-order chi connectivity index (χ1) is 12.5. The maximum atomic E-state index is 12.6. The molecule has 1 fully saturated rings. The smallest absolute Gasteiger partial charge is 0.271 e. The van der Waals surface area contributed by atoms with Crippen LogP contribution in [0.4, 0.5) is 5.95 Å². The van der Waals surface area contributed by atoms with Crippen LogP contribution in [0.1, 0.15) is 30.3 Å². The standard InChI is InChI=1S/C18H21N5O2S/c1-4-5-13(19-3)10(2)20-18-22-14-6-7-26-16(14)15(23-18)17(25)21-11-8-12(24)9-11/h4-7,10-12,24H,1,3,8-9H2,2H3,(H,21,25)(H,20,22,23)/b13-5-. The van der Waals surface area contributed by atoms with E-state index in [0.29, 0.717) is 35.7 Å². The Morgan fingerprint density at radius 3 is 2.92 bits per heavy atom. The molecule has 3 rings (SSSR count). The van der Waals surface area contributed by atoms with Gasteiger partial charge in [0, 0.05) is 6.04 Å². The average molecular weight is 371 g/mol. The van der Waals surface area contributed by atoms with Crippen molar-refractivity contribution >= 4 is 40.1 Å². The number of aliphatic hydroxyl groups excluding tert-OH is 1. The number of carbonyl (C=O) groups is 1. The molecule has 0 saturated heterocycles. The summed E-state index contributed by atoms with van der Waals surface area (Å²) < 4.78 is 0.740. The van der Waals surface area contributed by atoms with Gasteiger partial charge in [-0.2, -0.15) is 0 Å². The predicted molar refractivity (Wildman–Crippen MR) is 105 cm³/mol. The largest absolute Gasteiger partial charge is 0.393 e. The second kappa shape index (κ2) is 7.76. The summed E-state index contributed by atoms with van der Waals surface area (Å²) in [6, 6.07) is 1.65. The lowest BCUT2D eigenvalue weighted by molar-refractivity contribution is 0.0561. The lowest BCUT2D eigenvalue weighted by atomic mass is 9.89. The molecule has 2 aromatic rings. The van der Waals surface area contributed by atoms with Crippen LogP contribution in [-0.2, 0) is 0 Å². The highest BCUT2D eigenvalue weighted by Crippen LogP contribution is 2.26. The number of amides is 1. The molecule has 0 radical (unpaired) electrons. The fourth-order valence-corrected chi connectivity index (χ4v) is 3.58. The molecule has 1 amide bonds. The van der Waals surface area contributed by atoms with E-state index in [1.807, 2.05) is 18.4 Å². The van der Waals surface area contributed by atoms with Gasteiger partial charge in [0.15, 0.2) is 5.69 Å². The zero-order valence-electron chi connectivity index (χ0n) is 14.5. The molecule has 1 aliphatic rings. The third-order valence-electron chi connectivity index (χ3n) is 4.23. The van der Waals surface area contributed by atoms with Crippen molar-refractivity contribution in [1.82, 2.24) is 15.3 Å². The molecule has 1 saturated carbocycles. The molecule has 0 bridgehead atoms. The molecule has 2 aromatic heterocycles. The summed E-state index contributed by atoms with van der Waals surface area (Å²) in [6.45, 7) is 9.12. The van der Waals surface area contributed by atoms with Crippen molar-refractivity contribution in [3.63, 3.8) is 0 Å². The van der Waals surface area contributed by atoms with Crippen molar-refractivity contribution in [3.05, 3.63) is 41.6 Å². The van der Waals surface area contributed by atoms with Crippen LogP contribution < -0.4 is 10.6 Å². The number of hydrogen-bond donors (Lipinski definition) is 3. The fourth-order valence-electron chi connectivity index (χ4n) is 2.76. The second-order valence-electron chi connectivity index (χ2n) is 6.18. The second-order valence-corrected chi connectivity index (χ2v) is 7.09. The first-order valence-corrected chi connectivity index (χ1v) is 9.19. The Bertz CT molecular complexity index is 870. The van der Waals surface area contributed by atoms with Crippen molar-refractivity contribution in [2.45, 2.75) is 38.0 Å². The van der Waals surface area contributed by atoms with Crippen LogP contribution in [0.2, 0.25) is 0 Å². The van der Waals surface area contributed by atoms with Crippen molar-refractivity contribution in [1.29, 1.82) is 0 Å². The fraction of sp³-hybridized carbons (Fsp3) is 0.333. The highest BCUT2D eigenvalue weighted by molar-refractivity contribution is 7.17. The Labute approximate surface area is 155 Å². The molecule has 3 N–H and O–H groups in total. The van der Waals surface area contributed by atoms with E-state index in [-0.39, 0.29) is 24.1 Å². The Morgan fingerprint density at radius 1 is 1.50 bits per heavy atom. The minimum Gasteiger partial charge on any atom is -0.393 e. The molecule has 1 aliphatic carbocycles. The number of carbonyl (C=O) groups excluding carboxylic acids is 1. The molecule has 0 aromatic carbocycles. The number of thiophene rings is 1. The number of nitrogens with one attached hydrogen (secondary N) is 2. The van der Waals surface area contributed by atoms with E-state index < -0.39 is 0 Å². The van der Waals surface area contributed by atoms with Crippen LogP contribution in [0, 0.1) is 0 Å². The SMILES string of the molecule is C=C/C=C(\N=C)C(C)Nc1nc(C(=O)NC2CC(O)C2)c2sccc2n1. The van der Waals surface area contributed by atoms with E-state index in [1.54, 1.807) is 12.2 Å². The van der Waals surface area contributed by atoms with Gasteiger partial charge < -0.3 is 15.7 Å². The summed E-state index contributed by atoms with van der Waals surface area (Å²) in [4.78, 5) is 25.5. The quantitative estimate of drug-likeness (QED) is 0.513. The zero-order valence-corrected chi connectivity index (χ0v) is 15.3. The van der Waals surface area contributed by atoms with Crippen LogP contribution in [0.3, 0.4) is 0 Å². The van der Waals surface area contributed by atoms with Crippen molar-refractivity contribution in [2.75, 3.05) is 5.32 Å². The lowest BCUT2D eigenvalue weighted by Gasteiger charge is -2.31. The summed E-state index contributed by atoms with van der Waals surface area (Å²) in [5, 5.41) is 17.3.